The Hall–Kier alpha value is -4.20. The number of amides is 2. The Labute approximate surface area is 217 Å². The van der Waals surface area contributed by atoms with E-state index >= 15 is 0 Å². The Morgan fingerprint density at radius 2 is 1.49 bits per heavy atom. The van der Waals surface area contributed by atoms with E-state index in [4.69, 9.17) is 18.9 Å². The zero-order valence-electron chi connectivity index (χ0n) is 22.0. The molecule has 1 atom stereocenters. The first-order valence-electron chi connectivity index (χ1n) is 11.9. The quantitative estimate of drug-likeness (QED) is 0.486. The van der Waals surface area contributed by atoms with Gasteiger partial charge in [-0.15, -0.1) is 0 Å². The van der Waals surface area contributed by atoms with Crippen molar-refractivity contribution in [3.05, 3.63) is 83.4 Å². The van der Waals surface area contributed by atoms with Crippen molar-refractivity contribution in [3.63, 3.8) is 0 Å². The molecular formula is C29H32N2O6. The highest BCUT2D eigenvalue weighted by atomic mass is 16.6. The molecule has 2 amide bonds. The van der Waals surface area contributed by atoms with Crippen molar-refractivity contribution in [2.75, 3.05) is 26.2 Å². The number of rotatable bonds is 7. The number of para-hydroxylation sites is 1. The van der Waals surface area contributed by atoms with Crippen molar-refractivity contribution in [3.8, 4) is 17.2 Å². The number of ether oxygens (including phenoxy) is 4. The second-order valence-corrected chi connectivity index (χ2v) is 9.68. The number of anilines is 1. The fraction of sp³-hybridized carbons (Fsp3) is 0.310. The molecule has 8 heteroatoms. The van der Waals surface area contributed by atoms with E-state index in [1.807, 2.05) is 54.6 Å². The molecule has 0 spiro atoms. The van der Waals surface area contributed by atoms with E-state index < -0.39 is 17.2 Å². The maximum Gasteiger partial charge on any atom is 0.409 e. The number of fused-ring (bicyclic) bond motifs is 1. The molecule has 1 aliphatic rings. The van der Waals surface area contributed by atoms with Crippen LogP contribution in [0.3, 0.4) is 0 Å². The molecule has 3 aromatic carbocycles. The molecular weight excluding hydrogens is 472 g/mol. The smallest absolute Gasteiger partial charge is 0.409 e. The Kier molecular flexibility index (Phi) is 7.03. The minimum absolute atomic E-state index is 0.301. The molecule has 0 aliphatic carbocycles. The van der Waals surface area contributed by atoms with Crippen LogP contribution in [0.15, 0.2) is 66.7 Å². The van der Waals surface area contributed by atoms with Crippen molar-refractivity contribution in [1.29, 1.82) is 0 Å². The average Bonchev–Trinajstić information content (AvgIpc) is 3.10. The Morgan fingerprint density at radius 3 is 2.05 bits per heavy atom. The van der Waals surface area contributed by atoms with Crippen LogP contribution >= 0.6 is 0 Å². The minimum Gasteiger partial charge on any atom is -0.496 e. The van der Waals surface area contributed by atoms with Crippen LogP contribution in [0.4, 0.5) is 10.5 Å². The predicted molar refractivity (Wildman–Crippen MR) is 140 cm³/mol. The van der Waals surface area contributed by atoms with Crippen LogP contribution in [0.2, 0.25) is 0 Å². The van der Waals surface area contributed by atoms with Gasteiger partial charge >= 0.3 is 6.09 Å². The second-order valence-electron chi connectivity index (χ2n) is 9.68. The first-order valence-corrected chi connectivity index (χ1v) is 11.9. The molecule has 0 radical (unpaired) electrons. The predicted octanol–water partition coefficient (Wildman–Crippen LogP) is 5.03. The van der Waals surface area contributed by atoms with Crippen LogP contribution in [-0.4, -0.2) is 38.9 Å². The summed E-state index contributed by atoms with van der Waals surface area (Å²) in [6.45, 7) is 5.59. The van der Waals surface area contributed by atoms with Gasteiger partial charge in [-0.2, -0.15) is 0 Å². The molecule has 194 valence electrons. The largest absolute Gasteiger partial charge is 0.496 e. The van der Waals surface area contributed by atoms with E-state index in [0.29, 0.717) is 40.6 Å². The van der Waals surface area contributed by atoms with Crippen molar-refractivity contribution < 1.29 is 28.5 Å². The molecule has 37 heavy (non-hydrogen) atoms. The summed E-state index contributed by atoms with van der Waals surface area (Å²) in [6.07, 6.45) is -0.753. The van der Waals surface area contributed by atoms with E-state index in [2.05, 4.69) is 5.32 Å². The van der Waals surface area contributed by atoms with Crippen molar-refractivity contribution >= 4 is 17.7 Å². The number of hydrogen-bond acceptors (Lipinski definition) is 6. The standard InChI is InChI=1S/C29H32N2O6/c1-28(2,3)37-27(33)30-29(25-23(35-5)16-20(34-4)17-24(25)36-6)21-14-10-11-15-22(21)31(26(29)32)18-19-12-8-7-9-13-19/h7-17H,18H2,1-6H3,(H,30,33)/t29-/m1/s1. The molecule has 1 aliphatic heterocycles. The summed E-state index contributed by atoms with van der Waals surface area (Å²) in [5, 5.41) is 2.92. The third kappa shape index (κ3) is 4.79. The van der Waals surface area contributed by atoms with Gasteiger partial charge in [0.15, 0.2) is 5.54 Å². The second kappa shape index (κ2) is 10.0. The maximum atomic E-state index is 14.6. The maximum absolute atomic E-state index is 14.6. The summed E-state index contributed by atoms with van der Waals surface area (Å²) >= 11 is 0. The Balaban J connectivity index is 1.99. The first kappa shape index (κ1) is 25.9. The molecule has 3 aromatic rings. The highest BCUT2D eigenvalue weighted by molar-refractivity contribution is 6.12. The van der Waals surface area contributed by atoms with E-state index in [-0.39, 0.29) is 5.91 Å². The Bertz CT molecular complexity index is 1280. The van der Waals surface area contributed by atoms with Crippen LogP contribution in [0.5, 0.6) is 17.2 Å². The van der Waals surface area contributed by atoms with Gasteiger partial charge in [0.05, 0.1) is 39.1 Å². The van der Waals surface area contributed by atoms with E-state index in [1.165, 1.54) is 21.3 Å². The lowest BCUT2D eigenvalue weighted by Crippen LogP contribution is -2.55. The van der Waals surface area contributed by atoms with Crippen LogP contribution in [0.1, 0.15) is 37.5 Å². The van der Waals surface area contributed by atoms with Crippen molar-refractivity contribution in [1.82, 2.24) is 5.32 Å². The van der Waals surface area contributed by atoms with Crippen LogP contribution in [0, 0.1) is 0 Å². The van der Waals surface area contributed by atoms with Gasteiger partial charge in [-0.25, -0.2) is 4.79 Å². The molecule has 0 saturated carbocycles. The van der Waals surface area contributed by atoms with Gasteiger partial charge in [-0.3, -0.25) is 10.1 Å². The summed E-state index contributed by atoms with van der Waals surface area (Å²) in [6, 6.07) is 20.3. The van der Waals surface area contributed by atoms with Crippen molar-refractivity contribution in [2.45, 2.75) is 38.5 Å². The molecule has 0 bridgehead atoms. The highest BCUT2D eigenvalue weighted by Crippen LogP contribution is 2.51. The average molecular weight is 505 g/mol. The van der Waals surface area contributed by atoms with Gasteiger partial charge in [0.1, 0.15) is 22.8 Å². The number of alkyl carbamates (subject to hydrolysis) is 1. The number of methoxy groups -OCH3 is 3. The lowest BCUT2D eigenvalue weighted by molar-refractivity contribution is -0.123. The third-order valence-corrected chi connectivity index (χ3v) is 6.13. The monoisotopic (exact) mass is 504 g/mol. The van der Waals surface area contributed by atoms with Crippen LogP contribution in [-0.2, 0) is 21.6 Å². The summed E-state index contributed by atoms with van der Waals surface area (Å²) in [4.78, 5) is 29.6. The lowest BCUT2D eigenvalue weighted by Gasteiger charge is -2.34. The van der Waals surface area contributed by atoms with Crippen LogP contribution < -0.4 is 24.4 Å². The topological polar surface area (TPSA) is 86.3 Å². The lowest BCUT2D eigenvalue weighted by atomic mass is 9.82. The van der Waals surface area contributed by atoms with Crippen molar-refractivity contribution in [2.24, 2.45) is 0 Å². The van der Waals surface area contributed by atoms with Gasteiger partial charge in [-0.1, -0.05) is 48.5 Å². The van der Waals surface area contributed by atoms with E-state index in [9.17, 15) is 9.59 Å². The Morgan fingerprint density at radius 1 is 0.892 bits per heavy atom. The van der Waals surface area contributed by atoms with Gasteiger partial charge in [-0.05, 0) is 32.4 Å². The summed E-state index contributed by atoms with van der Waals surface area (Å²) in [5.74, 6) is 0.740. The number of hydrogen-bond donors (Lipinski definition) is 1. The van der Waals surface area contributed by atoms with Gasteiger partial charge in [0, 0.05) is 17.7 Å². The number of nitrogens with one attached hydrogen (secondary N) is 1. The fourth-order valence-corrected chi connectivity index (χ4v) is 4.63. The molecule has 0 fully saturated rings. The highest BCUT2D eigenvalue weighted by Gasteiger charge is 2.56. The number of carbonyl (C=O) groups excluding carboxylic acids is 2. The van der Waals surface area contributed by atoms with E-state index in [1.54, 1.807) is 37.8 Å². The number of nitrogens with zero attached hydrogens (tertiary/aromatic N) is 1. The molecule has 0 saturated heterocycles. The molecule has 1 heterocycles. The first-order chi connectivity index (χ1) is 17.6. The van der Waals surface area contributed by atoms with Gasteiger partial charge in [0.2, 0.25) is 0 Å². The summed E-state index contributed by atoms with van der Waals surface area (Å²) in [7, 11) is 4.51. The molecule has 8 nitrogen and oxygen atoms in total. The molecule has 1 N–H and O–H groups in total. The number of benzene rings is 3. The van der Waals surface area contributed by atoms with Gasteiger partial charge in [0.25, 0.3) is 5.91 Å². The fourth-order valence-electron chi connectivity index (χ4n) is 4.63. The molecule has 0 aromatic heterocycles. The minimum atomic E-state index is -1.70. The zero-order valence-corrected chi connectivity index (χ0v) is 22.0. The SMILES string of the molecule is COc1cc(OC)c([C@@]2(NC(=O)OC(C)(C)C)C(=O)N(Cc3ccccc3)c3ccccc32)c(OC)c1. The normalized spacial score (nSPS) is 16.7. The summed E-state index contributed by atoms with van der Waals surface area (Å²) < 4.78 is 22.5. The molecule has 0 unspecified atom stereocenters. The van der Waals surface area contributed by atoms with E-state index in [0.717, 1.165) is 5.56 Å². The van der Waals surface area contributed by atoms with Crippen LogP contribution in [0.25, 0.3) is 0 Å². The summed E-state index contributed by atoms with van der Waals surface area (Å²) in [5.41, 5.74) is 0.0291. The number of carbonyl (C=O) groups is 2. The molecule has 4 rings (SSSR count). The van der Waals surface area contributed by atoms with Gasteiger partial charge < -0.3 is 23.8 Å². The third-order valence-electron chi connectivity index (χ3n) is 6.13. The zero-order chi connectivity index (χ0) is 26.8.